The van der Waals surface area contributed by atoms with Gasteiger partial charge in [0.25, 0.3) is 0 Å². The predicted molar refractivity (Wildman–Crippen MR) is 109 cm³/mol. The molecular weight excluding hydrogens is 431 g/mol. The SMILES string of the molecule is FC(F)(F)COc1cccn2nc(CC3[C@@H]4CC[C@H]3CN(c3ccnc(Cl)c3)C4)nc12. The highest BCUT2D eigenvalue weighted by Crippen LogP contribution is 2.44. The highest BCUT2D eigenvalue weighted by molar-refractivity contribution is 6.29. The molecule has 3 aromatic rings. The first kappa shape index (κ1) is 20.4. The van der Waals surface area contributed by atoms with Gasteiger partial charge in [-0.25, -0.2) is 14.5 Å². The van der Waals surface area contributed by atoms with Gasteiger partial charge in [-0.15, -0.1) is 0 Å². The quantitative estimate of drug-likeness (QED) is 0.537. The Bertz CT molecular complexity index is 1070. The standard InChI is InChI=1S/C21H21ClF3N5O/c22-18-8-15(5-6-26-18)29-10-13-3-4-14(11-29)16(13)9-19-27-20-17(31-12-21(23,24)25)2-1-7-30(20)28-19/h1-2,5-8,13-14,16H,3-4,9-12H2/t13-,14+,16?. The van der Waals surface area contributed by atoms with E-state index in [0.717, 1.165) is 31.6 Å². The lowest BCUT2D eigenvalue weighted by atomic mass is 9.82. The molecule has 1 aliphatic carbocycles. The number of anilines is 1. The summed E-state index contributed by atoms with van der Waals surface area (Å²) in [6, 6.07) is 6.98. The fraction of sp³-hybridized carbons (Fsp3) is 0.476. The number of nitrogens with zero attached hydrogens (tertiary/aromatic N) is 5. The van der Waals surface area contributed by atoms with Crippen LogP contribution in [0.3, 0.4) is 0 Å². The number of aromatic nitrogens is 4. The summed E-state index contributed by atoms with van der Waals surface area (Å²) in [6.45, 7) is 0.528. The molecule has 2 bridgehead atoms. The van der Waals surface area contributed by atoms with Gasteiger partial charge in [-0.05, 0) is 54.9 Å². The number of rotatable bonds is 5. The molecule has 4 heterocycles. The van der Waals surface area contributed by atoms with Gasteiger partial charge in [-0.2, -0.15) is 18.3 Å². The third-order valence-electron chi connectivity index (χ3n) is 6.28. The molecule has 1 unspecified atom stereocenters. The highest BCUT2D eigenvalue weighted by Gasteiger charge is 2.42. The summed E-state index contributed by atoms with van der Waals surface area (Å²) in [5.41, 5.74) is 1.41. The molecule has 31 heavy (non-hydrogen) atoms. The van der Waals surface area contributed by atoms with Gasteiger partial charge < -0.3 is 9.64 Å². The maximum absolute atomic E-state index is 12.5. The van der Waals surface area contributed by atoms with Crippen molar-refractivity contribution in [3.63, 3.8) is 0 Å². The maximum atomic E-state index is 12.5. The van der Waals surface area contributed by atoms with E-state index in [2.05, 4.69) is 20.0 Å². The number of piperidine rings is 1. The number of hydrogen-bond acceptors (Lipinski definition) is 5. The number of pyridine rings is 2. The molecule has 3 aromatic heterocycles. The van der Waals surface area contributed by atoms with Gasteiger partial charge in [0.2, 0.25) is 0 Å². The van der Waals surface area contributed by atoms with Crippen molar-refractivity contribution >= 4 is 22.9 Å². The molecule has 6 nitrogen and oxygen atoms in total. The summed E-state index contributed by atoms with van der Waals surface area (Å²) in [4.78, 5) is 10.9. The molecule has 0 spiro atoms. The first-order valence-corrected chi connectivity index (χ1v) is 10.6. The first-order valence-electron chi connectivity index (χ1n) is 10.3. The second-order valence-electron chi connectivity index (χ2n) is 8.28. The molecule has 0 radical (unpaired) electrons. The molecule has 0 N–H and O–H groups in total. The zero-order valence-corrected chi connectivity index (χ0v) is 17.4. The van der Waals surface area contributed by atoms with E-state index < -0.39 is 12.8 Å². The van der Waals surface area contributed by atoms with E-state index in [4.69, 9.17) is 16.3 Å². The number of hydrogen-bond donors (Lipinski definition) is 0. The van der Waals surface area contributed by atoms with Crippen molar-refractivity contribution in [2.24, 2.45) is 17.8 Å². The Morgan fingerprint density at radius 3 is 2.65 bits per heavy atom. The van der Waals surface area contributed by atoms with E-state index in [9.17, 15) is 13.2 Å². The van der Waals surface area contributed by atoms with Gasteiger partial charge in [0, 0.05) is 37.6 Å². The van der Waals surface area contributed by atoms with Crippen molar-refractivity contribution in [3.8, 4) is 5.75 Å². The Morgan fingerprint density at radius 2 is 1.94 bits per heavy atom. The molecule has 164 valence electrons. The Morgan fingerprint density at radius 1 is 1.16 bits per heavy atom. The summed E-state index contributed by atoms with van der Waals surface area (Å²) in [5.74, 6) is 2.21. The molecule has 5 rings (SSSR count). The molecule has 1 saturated carbocycles. The van der Waals surface area contributed by atoms with Crippen molar-refractivity contribution < 1.29 is 17.9 Å². The van der Waals surface area contributed by atoms with Crippen LogP contribution in [0.1, 0.15) is 18.7 Å². The second-order valence-corrected chi connectivity index (χ2v) is 8.67. The molecule has 0 amide bonds. The number of fused-ring (bicyclic) bond motifs is 3. The van der Waals surface area contributed by atoms with Gasteiger partial charge in [-0.1, -0.05) is 11.6 Å². The Labute approximate surface area is 182 Å². The average Bonchev–Trinajstić information content (AvgIpc) is 3.22. The molecule has 1 aliphatic heterocycles. The van der Waals surface area contributed by atoms with Crippen molar-refractivity contribution in [2.75, 3.05) is 24.6 Å². The van der Waals surface area contributed by atoms with Crippen LogP contribution in [0.5, 0.6) is 5.75 Å². The van der Waals surface area contributed by atoms with Crippen molar-refractivity contribution in [1.29, 1.82) is 0 Å². The zero-order chi connectivity index (χ0) is 21.6. The molecule has 1 saturated heterocycles. The lowest BCUT2D eigenvalue weighted by Gasteiger charge is -2.39. The van der Waals surface area contributed by atoms with Crippen LogP contribution in [0.2, 0.25) is 5.15 Å². The molecule has 2 fully saturated rings. The average molecular weight is 452 g/mol. The predicted octanol–water partition coefficient (Wildman–Crippen LogP) is 4.42. The number of alkyl halides is 3. The van der Waals surface area contributed by atoms with Crippen LogP contribution in [0.25, 0.3) is 5.65 Å². The van der Waals surface area contributed by atoms with E-state index in [1.807, 2.05) is 12.1 Å². The Kier molecular flexibility index (Phi) is 5.16. The third kappa shape index (κ3) is 4.28. The van der Waals surface area contributed by atoms with Gasteiger partial charge in [0.15, 0.2) is 23.8 Å². The third-order valence-corrected chi connectivity index (χ3v) is 6.49. The Balaban J connectivity index is 1.31. The van der Waals surface area contributed by atoms with E-state index in [-0.39, 0.29) is 5.75 Å². The van der Waals surface area contributed by atoms with Gasteiger partial charge in [-0.3, -0.25) is 0 Å². The minimum absolute atomic E-state index is 0.0888. The van der Waals surface area contributed by atoms with Gasteiger partial charge in [0.05, 0.1) is 0 Å². The molecule has 2 aliphatic rings. The molecule has 0 aromatic carbocycles. The Hall–Kier alpha value is -2.55. The van der Waals surface area contributed by atoms with Crippen LogP contribution in [0, 0.1) is 17.8 Å². The second kappa shape index (κ2) is 7.85. The van der Waals surface area contributed by atoms with Crippen LogP contribution in [-0.4, -0.2) is 45.5 Å². The lowest BCUT2D eigenvalue weighted by molar-refractivity contribution is -0.153. The molecule has 10 heteroatoms. The summed E-state index contributed by atoms with van der Waals surface area (Å²) >= 11 is 6.06. The van der Waals surface area contributed by atoms with E-state index in [0.29, 0.717) is 40.8 Å². The number of ether oxygens (including phenoxy) is 1. The number of halogens is 4. The summed E-state index contributed by atoms with van der Waals surface area (Å²) in [7, 11) is 0. The lowest BCUT2D eigenvalue weighted by Crippen LogP contribution is -2.42. The van der Waals surface area contributed by atoms with Crippen molar-refractivity contribution in [1.82, 2.24) is 19.6 Å². The van der Waals surface area contributed by atoms with Crippen molar-refractivity contribution in [2.45, 2.75) is 25.4 Å². The van der Waals surface area contributed by atoms with Crippen LogP contribution in [0.4, 0.5) is 18.9 Å². The maximum Gasteiger partial charge on any atom is 0.422 e. The molecule has 3 atom stereocenters. The molecular formula is C21H21ClF3N5O. The van der Waals surface area contributed by atoms with E-state index >= 15 is 0 Å². The summed E-state index contributed by atoms with van der Waals surface area (Å²) < 4.78 is 44.1. The minimum Gasteiger partial charge on any atom is -0.480 e. The smallest absolute Gasteiger partial charge is 0.422 e. The minimum atomic E-state index is -4.40. The topological polar surface area (TPSA) is 55.6 Å². The highest BCUT2D eigenvalue weighted by atomic mass is 35.5. The van der Waals surface area contributed by atoms with Crippen LogP contribution in [-0.2, 0) is 6.42 Å². The summed E-state index contributed by atoms with van der Waals surface area (Å²) in [5, 5.41) is 4.99. The van der Waals surface area contributed by atoms with E-state index in [1.165, 1.54) is 10.6 Å². The normalized spacial score (nSPS) is 23.5. The van der Waals surface area contributed by atoms with Crippen LogP contribution in [0.15, 0.2) is 36.7 Å². The van der Waals surface area contributed by atoms with Gasteiger partial charge >= 0.3 is 6.18 Å². The van der Waals surface area contributed by atoms with Gasteiger partial charge in [0.1, 0.15) is 5.15 Å². The summed E-state index contributed by atoms with van der Waals surface area (Å²) in [6.07, 6.45) is 2.01. The van der Waals surface area contributed by atoms with Crippen LogP contribution >= 0.6 is 11.6 Å². The zero-order valence-electron chi connectivity index (χ0n) is 16.6. The largest absolute Gasteiger partial charge is 0.480 e. The monoisotopic (exact) mass is 451 g/mol. The fourth-order valence-corrected chi connectivity index (χ4v) is 5.13. The van der Waals surface area contributed by atoms with E-state index in [1.54, 1.807) is 18.5 Å². The van der Waals surface area contributed by atoms with Crippen molar-refractivity contribution in [3.05, 3.63) is 47.6 Å². The first-order chi connectivity index (χ1) is 14.9. The van der Waals surface area contributed by atoms with Crippen LogP contribution < -0.4 is 9.64 Å². The fourth-order valence-electron chi connectivity index (χ4n) is 4.96.